The van der Waals surface area contributed by atoms with Gasteiger partial charge in [0.1, 0.15) is 5.82 Å². The summed E-state index contributed by atoms with van der Waals surface area (Å²) in [4.78, 5) is 4.26. The normalized spacial score (nSPS) is 11.7. The Bertz CT molecular complexity index is 554. The number of aryl methyl sites for hydroxylation is 1. The lowest BCUT2D eigenvalue weighted by Crippen LogP contribution is -2.31. The maximum absolute atomic E-state index is 5.31. The van der Waals surface area contributed by atoms with Crippen LogP contribution in [-0.4, -0.2) is 10.1 Å². The van der Waals surface area contributed by atoms with E-state index in [1.807, 2.05) is 37.3 Å². The molecular weight excluding hydrogens is 254 g/mol. The van der Waals surface area contributed by atoms with E-state index in [2.05, 4.69) is 34.7 Å². The van der Waals surface area contributed by atoms with Crippen molar-refractivity contribution in [2.75, 3.05) is 5.32 Å². The number of benzene rings is 1. The van der Waals surface area contributed by atoms with E-state index >= 15 is 0 Å². The average Bonchev–Trinajstić information content (AvgIpc) is 2.42. The molecule has 1 heterocycles. The van der Waals surface area contributed by atoms with Crippen LogP contribution in [0.4, 0.5) is 5.82 Å². The fourth-order valence-corrected chi connectivity index (χ4v) is 2.06. The van der Waals surface area contributed by atoms with Crippen molar-refractivity contribution in [1.82, 2.24) is 10.3 Å². The molecule has 0 aliphatic carbocycles. The zero-order valence-corrected chi connectivity index (χ0v) is 11.9. The molecule has 0 radical (unpaired) electrons. The van der Waals surface area contributed by atoms with Crippen LogP contribution in [0.2, 0.25) is 0 Å². The molecule has 0 saturated carbocycles. The Morgan fingerprint density at radius 3 is 2.58 bits per heavy atom. The molecule has 2 rings (SSSR count). The molecule has 1 unspecified atom stereocenters. The smallest absolute Gasteiger partial charge is 0.172 e. The van der Waals surface area contributed by atoms with Gasteiger partial charge in [-0.1, -0.05) is 36.4 Å². The number of anilines is 1. The molecular formula is C15H17N3S. The van der Waals surface area contributed by atoms with Crippen molar-refractivity contribution in [1.29, 1.82) is 0 Å². The zero-order valence-electron chi connectivity index (χ0n) is 11.1. The first-order valence-corrected chi connectivity index (χ1v) is 6.61. The van der Waals surface area contributed by atoms with Crippen molar-refractivity contribution in [2.45, 2.75) is 19.9 Å². The second-order valence-corrected chi connectivity index (χ2v) is 4.81. The van der Waals surface area contributed by atoms with Crippen LogP contribution in [-0.2, 0) is 0 Å². The van der Waals surface area contributed by atoms with Crippen LogP contribution in [0.5, 0.6) is 0 Å². The van der Waals surface area contributed by atoms with Crippen LogP contribution in [0.15, 0.2) is 48.7 Å². The Hall–Kier alpha value is -1.94. The summed E-state index contributed by atoms with van der Waals surface area (Å²) in [6, 6.07) is 14.3. The fourth-order valence-electron chi connectivity index (χ4n) is 1.78. The standard InChI is InChI=1S/C15H17N3S/c1-11-7-6-10-16-14(11)18-15(19)17-12(2)13-8-4-3-5-9-13/h3-10,12H,1-2H3,(H2,16,17,18,19). The summed E-state index contributed by atoms with van der Waals surface area (Å²) in [5.41, 5.74) is 2.27. The fraction of sp³-hybridized carbons (Fsp3) is 0.200. The van der Waals surface area contributed by atoms with Gasteiger partial charge in [-0.3, -0.25) is 0 Å². The predicted octanol–water partition coefficient (Wildman–Crippen LogP) is 3.44. The lowest BCUT2D eigenvalue weighted by Gasteiger charge is -2.17. The van der Waals surface area contributed by atoms with E-state index in [-0.39, 0.29) is 6.04 Å². The molecule has 0 bridgehead atoms. The maximum atomic E-state index is 5.31. The highest BCUT2D eigenvalue weighted by Crippen LogP contribution is 2.13. The van der Waals surface area contributed by atoms with Gasteiger partial charge in [0.15, 0.2) is 5.11 Å². The summed E-state index contributed by atoms with van der Waals surface area (Å²) in [5.74, 6) is 0.792. The van der Waals surface area contributed by atoms with E-state index in [0.29, 0.717) is 5.11 Å². The summed E-state index contributed by atoms with van der Waals surface area (Å²) < 4.78 is 0. The molecule has 4 heteroatoms. The minimum atomic E-state index is 0.158. The van der Waals surface area contributed by atoms with Crippen molar-refractivity contribution in [3.63, 3.8) is 0 Å². The maximum Gasteiger partial charge on any atom is 0.172 e. The van der Waals surface area contributed by atoms with Gasteiger partial charge in [-0.25, -0.2) is 4.98 Å². The second-order valence-electron chi connectivity index (χ2n) is 4.40. The third-order valence-corrected chi connectivity index (χ3v) is 3.11. The lowest BCUT2D eigenvalue weighted by atomic mass is 10.1. The number of rotatable bonds is 3. The summed E-state index contributed by atoms with van der Waals surface area (Å²) in [5, 5.41) is 6.95. The highest BCUT2D eigenvalue weighted by atomic mass is 32.1. The SMILES string of the molecule is Cc1cccnc1NC(=S)NC(C)c1ccccc1. The molecule has 98 valence electrons. The van der Waals surface area contributed by atoms with E-state index in [4.69, 9.17) is 12.2 Å². The van der Waals surface area contributed by atoms with E-state index in [0.717, 1.165) is 11.4 Å². The van der Waals surface area contributed by atoms with Gasteiger partial charge in [0.05, 0.1) is 6.04 Å². The van der Waals surface area contributed by atoms with Crippen LogP contribution in [0.1, 0.15) is 24.1 Å². The van der Waals surface area contributed by atoms with Crippen LogP contribution < -0.4 is 10.6 Å². The Kier molecular flexibility index (Phi) is 4.47. The highest BCUT2D eigenvalue weighted by Gasteiger charge is 2.07. The van der Waals surface area contributed by atoms with Crippen LogP contribution in [0.25, 0.3) is 0 Å². The molecule has 0 fully saturated rings. The van der Waals surface area contributed by atoms with Crippen LogP contribution in [0.3, 0.4) is 0 Å². The third-order valence-electron chi connectivity index (χ3n) is 2.89. The van der Waals surface area contributed by atoms with Gasteiger partial charge in [-0.2, -0.15) is 0 Å². The molecule has 2 N–H and O–H groups in total. The van der Waals surface area contributed by atoms with Crippen molar-refractivity contribution < 1.29 is 0 Å². The number of hydrogen-bond acceptors (Lipinski definition) is 2. The quantitative estimate of drug-likeness (QED) is 0.839. The third kappa shape index (κ3) is 3.76. The first kappa shape index (κ1) is 13.5. The van der Waals surface area contributed by atoms with E-state index in [1.54, 1.807) is 6.20 Å². The van der Waals surface area contributed by atoms with Gasteiger partial charge in [-0.15, -0.1) is 0 Å². The molecule has 3 nitrogen and oxygen atoms in total. The summed E-state index contributed by atoms with van der Waals surface area (Å²) >= 11 is 5.31. The molecule has 0 aliphatic rings. The average molecular weight is 271 g/mol. The van der Waals surface area contributed by atoms with Gasteiger partial charge in [0.2, 0.25) is 0 Å². The largest absolute Gasteiger partial charge is 0.356 e. The van der Waals surface area contributed by atoms with Crippen molar-refractivity contribution >= 4 is 23.1 Å². The van der Waals surface area contributed by atoms with E-state index in [1.165, 1.54) is 5.56 Å². The zero-order chi connectivity index (χ0) is 13.7. The Labute approximate surface area is 119 Å². The molecule has 0 saturated heterocycles. The molecule has 1 atom stereocenters. The van der Waals surface area contributed by atoms with Gasteiger partial charge < -0.3 is 10.6 Å². The minimum absolute atomic E-state index is 0.158. The number of hydrogen-bond donors (Lipinski definition) is 2. The molecule has 2 aromatic rings. The molecule has 0 aliphatic heterocycles. The lowest BCUT2D eigenvalue weighted by molar-refractivity contribution is 0.722. The monoisotopic (exact) mass is 271 g/mol. The molecule has 1 aromatic carbocycles. The van der Waals surface area contributed by atoms with Gasteiger partial charge in [0.25, 0.3) is 0 Å². The number of aromatic nitrogens is 1. The summed E-state index contributed by atoms with van der Waals surface area (Å²) in [6.45, 7) is 4.08. The summed E-state index contributed by atoms with van der Waals surface area (Å²) in [6.07, 6.45) is 1.75. The molecule has 0 spiro atoms. The van der Waals surface area contributed by atoms with Crippen molar-refractivity contribution in [3.05, 3.63) is 59.8 Å². The first-order valence-electron chi connectivity index (χ1n) is 6.21. The van der Waals surface area contributed by atoms with E-state index < -0.39 is 0 Å². The van der Waals surface area contributed by atoms with Crippen molar-refractivity contribution in [2.24, 2.45) is 0 Å². The Morgan fingerprint density at radius 1 is 1.16 bits per heavy atom. The second kappa shape index (κ2) is 6.29. The number of nitrogens with one attached hydrogen (secondary N) is 2. The number of nitrogens with zero attached hydrogens (tertiary/aromatic N) is 1. The molecule has 1 aromatic heterocycles. The Balaban J connectivity index is 1.97. The summed E-state index contributed by atoms with van der Waals surface area (Å²) in [7, 11) is 0. The number of pyridine rings is 1. The highest BCUT2D eigenvalue weighted by molar-refractivity contribution is 7.80. The first-order chi connectivity index (χ1) is 9.16. The topological polar surface area (TPSA) is 37.0 Å². The van der Waals surface area contributed by atoms with Gasteiger partial charge in [-0.05, 0) is 43.3 Å². The Morgan fingerprint density at radius 2 is 1.89 bits per heavy atom. The number of thiocarbonyl (C=S) groups is 1. The van der Waals surface area contributed by atoms with Crippen LogP contribution >= 0.6 is 12.2 Å². The van der Waals surface area contributed by atoms with E-state index in [9.17, 15) is 0 Å². The van der Waals surface area contributed by atoms with Gasteiger partial charge in [0, 0.05) is 6.20 Å². The minimum Gasteiger partial charge on any atom is -0.356 e. The molecule has 19 heavy (non-hydrogen) atoms. The predicted molar refractivity (Wildman–Crippen MR) is 83.2 cm³/mol. The van der Waals surface area contributed by atoms with Crippen LogP contribution in [0, 0.1) is 6.92 Å². The molecule has 0 amide bonds. The van der Waals surface area contributed by atoms with Gasteiger partial charge >= 0.3 is 0 Å². The van der Waals surface area contributed by atoms with Crippen molar-refractivity contribution in [3.8, 4) is 0 Å².